The third-order valence-corrected chi connectivity index (χ3v) is 5.55. The van der Waals surface area contributed by atoms with Gasteiger partial charge in [-0.05, 0) is 43.5 Å². The summed E-state index contributed by atoms with van der Waals surface area (Å²) in [5.41, 5.74) is 3.24. The van der Waals surface area contributed by atoms with Crippen LogP contribution in [0, 0.1) is 6.92 Å². The maximum atomic E-state index is 12.8. The van der Waals surface area contributed by atoms with Crippen LogP contribution in [0.5, 0.6) is 0 Å². The molecule has 148 valence electrons. The van der Waals surface area contributed by atoms with Gasteiger partial charge in [-0.3, -0.25) is 14.3 Å². The van der Waals surface area contributed by atoms with Gasteiger partial charge in [-0.2, -0.15) is 10.1 Å². The Morgan fingerprint density at radius 2 is 2.04 bits per heavy atom. The topological polar surface area (TPSA) is 78.5 Å². The van der Waals surface area contributed by atoms with Crippen LogP contribution in [0.15, 0.2) is 29.3 Å². The number of methoxy groups -OCH3 is 1. The highest BCUT2D eigenvalue weighted by molar-refractivity contribution is 7.16. The summed E-state index contributed by atoms with van der Waals surface area (Å²) in [4.78, 5) is 29.5. The molecule has 3 rings (SSSR count). The van der Waals surface area contributed by atoms with E-state index in [9.17, 15) is 9.59 Å². The average molecular weight is 401 g/mol. The number of esters is 1. The molecule has 1 aromatic carbocycles. The standard InChI is InChI=1S/C20H24N4O3S/c1-6-24-16(9-13(4)22-24)19(26)21-20-23(11-18(25)27-5)15-8-7-14(12(2)3)10-17(15)28-20/h7-10,12H,6,11H2,1-5H3. The normalized spacial score (nSPS) is 12.1. The van der Waals surface area contributed by atoms with Crippen LogP contribution in [0.25, 0.3) is 10.2 Å². The van der Waals surface area contributed by atoms with E-state index in [4.69, 9.17) is 4.74 Å². The van der Waals surface area contributed by atoms with Gasteiger partial charge in [-0.15, -0.1) is 0 Å². The first-order valence-electron chi connectivity index (χ1n) is 9.17. The zero-order valence-electron chi connectivity index (χ0n) is 16.7. The zero-order chi connectivity index (χ0) is 20.4. The van der Waals surface area contributed by atoms with Crippen LogP contribution in [0.1, 0.15) is 48.4 Å². The summed E-state index contributed by atoms with van der Waals surface area (Å²) >= 11 is 1.39. The second-order valence-electron chi connectivity index (χ2n) is 6.83. The zero-order valence-corrected chi connectivity index (χ0v) is 17.5. The van der Waals surface area contributed by atoms with Gasteiger partial charge in [0.2, 0.25) is 0 Å². The van der Waals surface area contributed by atoms with Crippen molar-refractivity contribution in [3.8, 4) is 0 Å². The van der Waals surface area contributed by atoms with E-state index < -0.39 is 5.97 Å². The van der Waals surface area contributed by atoms with Crippen molar-refractivity contribution in [1.82, 2.24) is 14.3 Å². The predicted octanol–water partition coefficient (Wildman–Crippen LogP) is 3.27. The van der Waals surface area contributed by atoms with Crippen molar-refractivity contribution in [3.63, 3.8) is 0 Å². The molecular weight excluding hydrogens is 376 g/mol. The number of carbonyl (C=O) groups excluding carboxylic acids is 2. The van der Waals surface area contributed by atoms with Crippen molar-refractivity contribution < 1.29 is 14.3 Å². The van der Waals surface area contributed by atoms with Crippen molar-refractivity contribution in [1.29, 1.82) is 0 Å². The van der Waals surface area contributed by atoms with Gasteiger partial charge in [0, 0.05) is 6.54 Å². The highest BCUT2D eigenvalue weighted by atomic mass is 32.1. The van der Waals surface area contributed by atoms with Gasteiger partial charge in [0.25, 0.3) is 5.91 Å². The molecule has 7 nitrogen and oxygen atoms in total. The molecule has 0 spiro atoms. The Balaban J connectivity index is 2.16. The lowest BCUT2D eigenvalue weighted by molar-refractivity contribution is -0.141. The number of nitrogens with zero attached hydrogens (tertiary/aromatic N) is 4. The molecule has 0 aliphatic carbocycles. The molecule has 0 fully saturated rings. The van der Waals surface area contributed by atoms with Gasteiger partial charge < -0.3 is 9.30 Å². The van der Waals surface area contributed by atoms with Gasteiger partial charge in [-0.25, -0.2) is 0 Å². The van der Waals surface area contributed by atoms with Crippen LogP contribution in [0.4, 0.5) is 0 Å². The molecule has 2 aromatic heterocycles. The van der Waals surface area contributed by atoms with Gasteiger partial charge in [0.15, 0.2) is 4.80 Å². The average Bonchev–Trinajstić information content (AvgIpc) is 3.21. The number of rotatable bonds is 5. The van der Waals surface area contributed by atoms with E-state index >= 15 is 0 Å². The minimum Gasteiger partial charge on any atom is -0.468 e. The Morgan fingerprint density at radius 3 is 2.68 bits per heavy atom. The maximum absolute atomic E-state index is 12.8. The lowest BCUT2D eigenvalue weighted by Gasteiger charge is -2.06. The molecule has 0 aliphatic rings. The summed E-state index contributed by atoms with van der Waals surface area (Å²) in [6.07, 6.45) is 0. The third kappa shape index (κ3) is 3.91. The molecule has 1 amide bonds. The fourth-order valence-corrected chi connectivity index (χ4v) is 4.06. The lowest BCUT2D eigenvalue weighted by atomic mass is 10.0. The molecule has 2 heterocycles. The van der Waals surface area contributed by atoms with E-state index in [2.05, 4.69) is 30.0 Å². The minimum absolute atomic E-state index is 0.00426. The molecular formula is C20H24N4O3S. The summed E-state index contributed by atoms with van der Waals surface area (Å²) < 4.78 is 9.16. The minimum atomic E-state index is -0.393. The van der Waals surface area contributed by atoms with Gasteiger partial charge in [-0.1, -0.05) is 31.3 Å². The fraction of sp³-hybridized carbons (Fsp3) is 0.400. The number of ether oxygens (including phenoxy) is 1. The Morgan fingerprint density at radius 1 is 1.29 bits per heavy atom. The quantitative estimate of drug-likeness (QED) is 0.616. The summed E-state index contributed by atoms with van der Waals surface area (Å²) in [7, 11) is 1.35. The van der Waals surface area contributed by atoms with Crippen molar-refractivity contribution in [2.24, 2.45) is 4.99 Å². The number of carbonyl (C=O) groups is 2. The van der Waals surface area contributed by atoms with Gasteiger partial charge in [0.1, 0.15) is 12.2 Å². The summed E-state index contributed by atoms with van der Waals surface area (Å²) in [6, 6.07) is 7.81. The Bertz CT molecular complexity index is 1100. The van der Waals surface area contributed by atoms with Crippen molar-refractivity contribution in [3.05, 3.63) is 46.0 Å². The highest BCUT2D eigenvalue weighted by Crippen LogP contribution is 2.23. The summed E-state index contributed by atoms with van der Waals surface area (Å²) in [5, 5.41) is 4.31. The smallest absolute Gasteiger partial charge is 0.325 e. The van der Waals surface area contributed by atoms with Crippen LogP contribution in [-0.2, 0) is 22.6 Å². The van der Waals surface area contributed by atoms with Gasteiger partial charge >= 0.3 is 5.97 Å². The second kappa shape index (κ2) is 8.10. The number of thiazole rings is 1. The Labute approximate surface area is 167 Å². The first-order valence-corrected chi connectivity index (χ1v) is 9.99. The molecule has 3 aromatic rings. The first kappa shape index (κ1) is 20.0. The molecule has 0 radical (unpaired) electrons. The number of aromatic nitrogens is 3. The third-order valence-electron chi connectivity index (χ3n) is 4.51. The number of amides is 1. The number of aryl methyl sites for hydroxylation is 2. The van der Waals surface area contributed by atoms with Crippen LogP contribution in [0.2, 0.25) is 0 Å². The molecule has 28 heavy (non-hydrogen) atoms. The van der Waals surface area contributed by atoms with Crippen LogP contribution in [-0.4, -0.2) is 33.3 Å². The SMILES string of the molecule is CCn1nc(C)cc1C(=O)N=c1sc2cc(C(C)C)ccc2n1CC(=O)OC. The van der Waals surface area contributed by atoms with Gasteiger partial charge in [0.05, 0.1) is 23.0 Å². The van der Waals surface area contributed by atoms with E-state index in [1.807, 2.05) is 26.0 Å². The molecule has 0 atom stereocenters. The van der Waals surface area contributed by atoms with E-state index in [0.717, 1.165) is 15.9 Å². The molecule has 8 heteroatoms. The number of fused-ring (bicyclic) bond motifs is 1. The number of hydrogen-bond donors (Lipinski definition) is 0. The lowest BCUT2D eigenvalue weighted by Crippen LogP contribution is -2.23. The fourth-order valence-electron chi connectivity index (χ4n) is 2.98. The molecule has 0 aliphatic heterocycles. The monoisotopic (exact) mass is 400 g/mol. The van der Waals surface area contributed by atoms with Crippen LogP contribution < -0.4 is 4.80 Å². The summed E-state index contributed by atoms with van der Waals surface area (Å²) in [5.74, 6) is -0.392. The van der Waals surface area contributed by atoms with E-state index in [1.54, 1.807) is 15.3 Å². The van der Waals surface area contributed by atoms with Crippen molar-refractivity contribution in [2.45, 2.75) is 46.7 Å². The molecule has 0 unspecified atom stereocenters. The largest absolute Gasteiger partial charge is 0.468 e. The van der Waals surface area contributed by atoms with Crippen LogP contribution in [0.3, 0.4) is 0 Å². The molecule has 0 saturated carbocycles. The van der Waals surface area contributed by atoms with E-state index in [-0.39, 0.29) is 12.5 Å². The maximum Gasteiger partial charge on any atom is 0.325 e. The number of hydrogen-bond acceptors (Lipinski definition) is 5. The van der Waals surface area contributed by atoms with E-state index in [1.165, 1.54) is 24.0 Å². The van der Waals surface area contributed by atoms with Crippen LogP contribution >= 0.6 is 11.3 Å². The molecule has 0 saturated heterocycles. The van der Waals surface area contributed by atoms with Crippen molar-refractivity contribution >= 4 is 33.4 Å². The molecule has 0 bridgehead atoms. The second-order valence-corrected chi connectivity index (χ2v) is 7.84. The Kier molecular flexibility index (Phi) is 5.79. The highest BCUT2D eigenvalue weighted by Gasteiger charge is 2.16. The molecule has 0 N–H and O–H groups in total. The Hall–Kier alpha value is -2.74. The first-order chi connectivity index (χ1) is 13.3. The van der Waals surface area contributed by atoms with E-state index in [0.29, 0.717) is 23.0 Å². The predicted molar refractivity (Wildman–Crippen MR) is 108 cm³/mol. The summed E-state index contributed by atoms with van der Waals surface area (Å²) in [6.45, 7) is 8.59. The number of benzene rings is 1. The van der Waals surface area contributed by atoms with Crippen molar-refractivity contribution in [2.75, 3.05) is 7.11 Å².